The average molecular weight is 1110 g/mol. The van der Waals surface area contributed by atoms with Gasteiger partial charge in [0.05, 0.1) is 0 Å². The fourth-order valence-electron chi connectivity index (χ4n) is 8.75. The highest BCUT2D eigenvalue weighted by atomic mass is 16.6. The van der Waals surface area contributed by atoms with Gasteiger partial charge < -0.3 is 14.2 Å². The molecule has 80 heavy (non-hydrogen) atoms. The highest BCUT2D eigenvalue weighted by molar-refractivity contribution is 5.71. The highest BCUT2D eigenvalue weighted by Crippen LogP contribution is 2.16. The molecule has 0 saturated heterocycles. The van der Waals surface area contributed by atoms with E-state index in [1.165, 1.54) is 109 Å². The lowest BCUT2D eigenvalue weighted by Gasteiger charge is -2.18. The molecule has 0 aliphatic carbocycles. The molecule has 0 aliphatic rings. The first-order chi connectivity index (χ1) is 39.5. The lowest BCUT2D eigenvalue weighted by atomic mass is 10.0. The molecule has 1 unspecified atom stereocenters. The Morgan fingerprint density at radius 2 is 0.500 bits per heavy atom. The number of hydrogen-bond acceptors (Lipinski definition) is 6. The molecule has 0 aromatic carbocycles. The maximum Gasteiger partial charge on any atom is 0.306 e. The zero-order valence-electron chi connectivity index (χ0n) is 51.8. The van der Waals surface area contributed by atoms with Crippen molar-refractivity contribution in [2.75, 3.05) is 13.2 Å². The first-order valence-electron chi connectivity index (χ1n) is 32.8. The smallest absolute Gasteiger partial charge is 0.306 e. The Morgan fingerprint density at radius 1 is 0.263 bits per heavy atom. The zero-order valence-corrected chi connectivity index (χ0v) is 51.8. The predicted octanol–water partition coefficient (Wildman–Crippen LogP) is 22.7. The number of rotatable bonds is 58. The van der Waals surface area contributed by atoms with Gasteiger partial charge in [0.2, 0.25) is 0 Å². The molecule has 6 heteroatoms. The number of carbonyl (C=O) groups excluding carboxylic acids is 3. The molecule has 0 aromatic rings. The molecule has 0 bridgehead atoms. The van der Waals surface area contributed by atoms with Crippen molar-refractivity contribution in [3.63, 3.8) is 0 Å². The topological polar surface area (TPSA) is 78.9 Å². The van der Waals surface area contributed by atoms with Crippen molar-refractivity contribution in [3.8, 4) is 0 Å². The Bertz CT molecular complexity index is 1750. The van der Waals surface area contributed by atoms with Gasteiger partial charge in [-0.05, 0) is 116 Å². The Kier molecular flexibility index (Phi) is 62.9. The monoisotopic (exact) mass is 1100 g/mol. The molecule has 0 rings (SSSR count). The first kappa shape index (κ1) is 75.3. The van der Waals surface area contributed by atoms with E-state index in [4.69, 9.17) is 14.2 Å². The molecule has 0 N–H and O–H groups in total. The highest BCUT2D eigenvalue weighted by Gasteiger charge is 2.19. The summed E-state index contributed by atoms with van der Waals surface area (Å²) in [5.41, 5.74) is 0. The van der Waals surface area contributed by atoms with E-state index in [9.17, 15) is 14.4 Å². The van der Waals surface area contributed by atoms with E-state index in [1.807, 2.05) is 0 Å². The number of esters is 3. The van der Waals surface area contributed by atoms with E-state index in [0.29, 0.717) is 19.3 Å². The van der Waals surface area contributed by atoms with Crippen molar-refractivity contribution in [2.24, 2.45) is 0 Å². The average Bonchev–Trinajstić information content (AvgIpc) is 3.46. The fourth-order valence-corrected chi connectivity index (χ4v) is 8.75. The summed E-state index contributed by atoms with van der Waals surface area (Å²) in [7, 11) is 0. The van der Waals surface area contributed by atoms with Crippen LogP contribution in [-0.4, -0.2) is 37.2 Å². The minimum atomic E-state index is -0.817. The zero-order chi connectivity index (χ0) is 57.8. The Morgan fingerprint density at radius 3 is 0.800 bits per heavy atom. The number of unbranched alkanes of at least 4 members (excludes halogenated alkanes) is 23. The lowest BCUT2D eigenvalue weighted by molar-refractivity contribution is -0.167. The van der Waals surface area contributed by atoms with Crippen LogP contribution in [-0.2, 0) is 28.6 Å². The molecule has 0 saturated carbocycles. The van der Waals surface area contributed by atoms with Crippen LogP contribution in [0.4, 0.5) is 0 Å². The van der Waals surface area contributed by atoms with Crippen LogP contribution < -0.4 is 0 Å². The number of allylic oxidation sites excluding steroid dienone is 24. The summed E-state index contributed by atoms with van der Waals surface area (Å²) in [5, 5.41) is 0. The third-order valence-electron chi connectivity index (χ3n) is 13.6. The van der Waals surface area contributed by atoms with E-state index in [1.54, 1.807) is 0 Å². The number of carbonyl (C=O) groups is 3. The summed E-state index contributed by atoms with van der Waals surface area (Å²) in [6.07, 6.45) is 95.7. The Labute approximate surface area is 493 Å². The standard InChI is InChI=1S/C74H120O6/c1-4-7-10-13-16-19-22-25-28-30-32-34-36-37-39-40-42-44-46-49-52-55-58-61-64-67-73(76)79-70-71(69-78-72(75)66-63-60-57-54-51-48-27-24-21-18-15-12-9-6-3)80-74(77)68-65-62-59-56-53-50-47-45-43-41-38-35-33-31-29-26-23-20-17-14-11-8-5-2/h7-8,10-11,16-17,19-20,25-26,28-29,32-35,37,39,41,43,47,50,56,59,71H,4-6,9,12-15,18,21-24,27,30-31,36,38,40,42,44-46,48-49,51-55,57-58,60-70H2,1-3H3/b10-7-,11-8-,19-16-,20-17-,28-25-,29-26-,34-32-,35-33-,39-37-,43-41-,50-47-,59-56-. The van der Waals surface area contributed by atoms with Crippen molar-refractivity contribution in [1.82, 2.24) is 0 Å². The van der Waals surface area contributed by atoms with E-state index in [-0.39, 0.29) is 37.5 Å². The Hall–Kier alpha value is -4.71. The third-order valence-corrected chi connectivity index (χ3v) is 13.6. The number of hydrogen-bond donors (Lipinski definition) is 0. The van der Waals surface area contributed by atoms with E-state index in [2.05, 4.69) is 167 Å². The van der Waals surface area contributed by atoms with Gasteiger partial charge in [0, 0.05) is 19.3 Å². The van der Waals surface area contributed by atoms with Gasteiger partial charge in [0.15, 0.2) is 6.10 Å². The van der Waals surface area contributed by atoms with Crippen LogP contribution in [0.15, 0.2) is 146 Å². The molecule has 0 aromatic heterocycles. The third kappa shape index (κ3) is 64.1. The molecule has 452 valence electrons. The van der Waals surface area contributed by atoms with Gasteiger partial charge in [0.1, 0.15) is 13.2 Å². The molecular formula is C74H120O6. The maximum absolute atomic E-state index is 12.9. The number of ether oxygens (including phenoxy) is 3. The largest absolute Gasteiger partial charge is 0.462 e. The lowest BCUT2D eigenvalue weighted by Crippen LogP contribution is -2.30. The summed E-state index contributed by atoms with van der Waals surface area (Å²) >= 11 is 0. The minimum absolute atomic E-state index is 0.105. The second-order valence-electron chi connectivity index (χ2n) is 21.3. The quantitative estimate of drug-likeness (QED) is 0.0261. The molecule has 0 spiro atoms. The molecule has 0 heterocycles. The predicted molar refractivity (Wildman–Crippen MR) is 348 cm³/mol. The van der Waals surface area contributed by atoms with Crippen molar-refractivity contribution in [3.05, 3.63) is 146 Å². The van der Waals surface area contributed by atoms with Gasteiger partial charge in [-0.3, -0.25) is 14.4 Å². The first-order valence-corrected chi connectivity index (χ1v) is 32.8. The summed E-state index contributed by atoms with van der Waals surface area (Å²) in [6, 6.07) is 0. The normalized spacial score (nSPS) is 13.1. The van der Waals surface area contributed by atoms with Crippen molar-refractivity contribution < 1.29 is 28.6 Å². The van der Waals surface area contributed by atoms with Crippen LogP contribution in [0, 0.1) is 0 Å². The summed E-state index contributed by atoms with van der Waals surface area (Å²) in [6.45, 7) is 6.37. The van der Waals surface area contributed by atoms with Gasteiger partial charge >= 0.3 is 17.9 Å². The van der Waals surface area contributed by atoms with Gasteiger partial charge in [-0.2, -0.15) is 0 Å². The summed E-state index contributed by atoms with van der Waals surface area (Å²) < 4.78 is 16.9. The van der Waals surface area contributed by atoms with Crippen LogP contribution in [0.2, 0.25) is 0 Å². The van der Waals surface area contributed by atoms with Crippen LogP contribution in [0.5, 0.6) is 0 Å². The molecular weight excluding hydrogens is 985 g/mol. The van der Waals surface area contributed by atoms with Crippen molar-refractivity contribution in [2.45, 2.75) is 290 Å². The molecule has 0 aliphatic heterocycles. The van der Waals surface area contributed by atoms with E-state index < -0.39 is 6.10 Å². The molecule has 0 fully saturated rings. The summed E-state index contributed by atoms with van der Waals surface area (Å²) in [5.74, 6) is -0.969. The van der Waals surface area contributed by atoms with Gasteiger partial charge in [-0.25, -0.2) is 0 Å². The van der Waals surface area contributed by atoms with Crippen LogP contribution in [0.3, 0.4) is 0 Å². The van der Waals surface area contributed by atoms with Crippen molar-refractivity contribution in [1.29, 1.82) is 0 Å². The molecule has 6 nitrogen and oxygen atoms in total. The van der Waals surface area contributed by atoms with Crippen molar-refractivity contribution >= 4 is 17.9 Å². The maximum atomic E-state index is 12.9. The van der Waals surface area contributed by atoms with E-state index in [0.717, 1.165) is 128 Å². The molecule has 1 atom stereocenters. The minimum Gasteiger partial charge on any atom is -0.462 e. The SMILES string of the molecule is CC/C=C\C/C=C\C/C=C\C/C=C\C/C=C\C/C=C\C/C=C\CCCC(=O)OC(COC(=O)CCCCCCCCCCC/C=C\C/C=C\C/C=C\C/C=C\C/C=C\CC)COC(=O)CCCCCCCCCCCCCCCC. The van der Waals surface area contributed by atoms with Crippen LogP contribution in [0.25, 0.3) is 0 Å². The Balaban J connectivity index is 4.47. The van der Waals surface area contributed by atoms with Gasteiger partial charge in [-0.1, -0.05) is 295 Å². The fraction of sp³-hybridized carbons (Fsp3) is 0.635. The molecule has 0 amide bonds. The second kappa shape index (κ2) is 66.8. The van der Waals surface area contributed by atoms with Gasteiger partial charge in [-0.15, -0.1) is 0 Å². The van der Waals surface area contributed by atoms with Gasteiger partial charge in [0.25, 0.3) is 0 Å². The molecule has 0 radical (unpaired) electrons. The second-order valence-corrected chi connectivity index (χ2v) is 21.3. The van der Waals surface area contributed by atoms with Crippen LogP contribution >= 0.6 is 0 Å². The van der Waals surface area contributed by atoms with E-state index >= 15 is 0 Å². The van der Waals surface area contributed by atoms with Crippen LogP contribution in [0.1, 0.15) is 284 Å². The summed E-state index contributed by atoms with van der Waals surface area (Å²) in [4.78, 5) is 38.4.